The fraction of sp³-hybridized carbons (Fsp3) is 0.387. The van der Waals surface area contributed by atoms with Crippen LogP contribution in [0.2, 0.25) is 0 Å². The van der Waals surface area contributed by atoms with Crippen molar-refractivity contribution >= 4 is 12.2 Å². The molecule has 1 saturated heterocycles. The summed E-state index contributed by atoms with van der Waals surface area (Å²) in [6, 6.07) is 20.9. The Morgan fingerprint density at radius 1 is 0.973 bits per heavy atom. The maximum absolute atomic E-state index is 13.2. The maximum Gasteiger partial charge on any atom is 0.251 e. The molecule has 2 aromatic carbocycles. The van der Waals surface area contributed by atoms with E-state index in [1.54, 1.807) is 6.20 Å². The van der Waals surface area contributed by atoms with Crippen LogP contribution in [0.25, 0.3) is 11.1 Å². The predicted molar refractivity (Wildman–Crippen MR) is 143 cm³/mol. The molecule has 2 heterocycles. The summed E-state index contributed by atoms with van der Waals surface area (Å²) in [7, 11) is 0. The first-order valence-electron chi connectivity index (χ1n) is 13.2. The predicted octanol–water partition coefficient (Wildman–Crippen LogP) is 4.48. The van der Waals surface area contributed by atoms with Crippen molar-refractivity contribution in [3.63, 3.8) is 0 Å². The number of aryl methyl sites for hydroxylation is 1. The number of piperidine rings is 1. The number of carbonyl (C=O) groups is 2. The van der Waals surface area contributed by atoms with Gasteiger partial charge in [0.1, 0.15) is 0 Å². The summed E-state index contributed by atoms with van der Waals surface area (Å²) in [6.45, 7) is 1.09. The van der Waals surface area contributed by atoms with Gasteiger partial charge in [0.2, 0.25) is 5.91 Å². The minimum absolute atomic E-state index is 0.116. The molecule has 192 valence electrons. The molecule has 1 aliphatic carbocycles. The fourth-order valence-electron chi connectivity index (χ4n) is 6.32. The number of hydrogen-bond acceptors (Lipinski definition) is 4. The molecule has 1 amide bonds. The Bertz CT molecular complexity index is 1310. The molecule has 1 atom stereocenters. The van der Waals surface area contributed by atoms with E-state index in [1.165, 1.54) is 10.6 Å². The van der Waals surface area contributed by atoms with Crippen LogP contribution in [0.15, 0.2) is 77.7 Å². The van der Waals surface area contributed by atoms with Gasteiger partial charge in [-0.1, -0.05) is 73.5 Å². The summed E-state index contributed by atoms with van der Waals surface area (Å²) in [5.41, 5.74) is 1.14. The zero-order valence-electron chi connectivity index (χ0n) is 21.1. The van der Waals surface area contributed by atoms with Crippen molar-refractivity contribution in [1.29, 1.82) is 0 Å². The Kier molecular flexibility index (Phi) is 7.11. The van der Waals surface area contributed by atoms with E-state index in [9.17, 15) is 19.5 Å². The van der Waals surface area contributed by atoms with Crippen molar-refractivity contribution in [3.8, 4) is 11.1 Å². The molecule has 1 aromatic heterocycles. The van der Waals surface area contributed by atoms with E-state index in [-0.39, 0.29) is 18.0 Å². The molecule has 37 heavy (non-hydrogen) atoms. The number of likely N-dealkylation sites (tertiary alicyclic amines) is 1. The fourth-order valence-corrected chi connectivity index (χ4v) is 6.32. The number of hydrogen-bond donors (Lipinski definition) is 1. The van der Waals surface area contributed by atoms with Gasteiger partial charge in [0.15, 0.2) is 6.29 Å². The number of aldehydes is 1. The van der Waals surface area contributed by atoms with Gasteiger partial charge in [0.05, 0.1) is 12.1 Å². The molecule has 2 aliphatic rings. The van der Waals surface area contributed by atoms with Crippen molar-refractivity contribution in [2.45, 2.75) is 57.1 Å². The summed E-state index contributed by atoms with van der Waals surface area (Å²) in [5, 5.41) is 12.1. The third-order valence-electron chi connectivity index (χ3n) is 8.46. The Labute approximate surface area is 217 Å². The van der Waals surface area contributed by atoms with Crippen LogP contribution < -0.4 is 5.56 Å². The van der Waals surface area contributed by atoms with Gasteiger partial charge < -0.3 is 14.6 Å². The van der Waals surface area contributed by atoms with Crippen LogP contribution in [0.1, 0.15) is 54.4 Å². The third kappa shape index (κ3) is 5.03. The van der Waals surface area contributed by atoms with E-state index >= 15 is 0 Å². The van der Waals surface area contributed by atoms with Crippen molar-refractivity contribution in [3.05, 3.63) is 94.4 Å². The zero-order chi connectivity index (χ0) is 25.9. The number of benzene rings is 2. The summed E-state index contributed by atoms with van der Waals surface area (Å²) >= 11 is 0. The van der Waals surface area contributed by atoms with Gasteiger partial charge in [-0.15, -0.1) is 0 Å². The lowest BCUT2D eigenvalue weighted by atomic mass is 9.65. The second kappa shape index (κ2) is 10.5. The van der Waals surface area contributed by atoms with Crippen LogP contribution in [0.3, 0.4) is 0 Å². The molecule has 1 spiro atoms. The van der Waals surface area contributed by atoms with Gasteiger partial charge in [-0.3, -0.25) is 14.4 Å². The standard InChI is InChI=1S/C31H34N2O4/c34-21-26-20-33(29(36)19-27(26)25-11-5-2-6-12-25)23-31(37)17-18-32(22-30(31)15-7-8-16-30)28(35)14-13-24-9-3-1-4-10-24/h1-6,9-12,19-21,37H,7-8,13-18,22-23H2. The molecule has 1 unspecified atom stereocenters. The van der Waals surface area contributed by atoms with Crippen molar-refractivity contribution in [1.82, 2.24) is 9.47 Å². The van der Waals surface area contributed by atoms with Crippen molar-refractivity contribution in [2.75, 3.05) is 13.1 Å². The normalized spacial score (nSPS) is 20.7. The largest absolute Gasteiger partial charge is 0.387 e. The minimum Gasteiger partial charge on any atom is -0.387 e. The highest BCUT2D eigenvalue weighted by Gasteiger charge is 2.55. The monoisotopic (exact) mass is 498 g/mol. The first-order chi connectivity index (χ1) is 17.9. The molecule has 6 heteroatoms. The number of aromatic nitrogens is 1. The number of aliphatic hydroxyl groups is 1. The highest BCUT2D eigenvalue weighted by atomic mass is 16.3. The van der Waals surface area contributed by atoms with E-state index in [4.69, 9.17) is 0 Å². The number of carbonyl (C=O) groups excluding carboxylic acids is 2. The van der Waals surface area contributed by atoms with Crippen LogP contribution in [0.5, 0.6) is 0 Å². The van der Waals surface area contributed by atoms with E-state index in [2.05, 4.69) is 0 Å². The average Bonchev–Trinajstić information content (AvgIpc) is 3.41. The van der Waals surface area contributed by atoms with Crippen molar-refractivity contribution in [2.24, 2.45) is 5.41 Å². The lowest BCUT2D eigenvalue weighted by Crippen LogP contribution is -2.62. The smallest absolute Gasteiger partial charge is 0.251 e. The van der Waals surface area contributed by atoms with Crippen LogP contribution in [-0.4, -0.2) is 45.5 Å². The molecule has 0 radical (unpaired) electrons. The van der Waals surface area contributed by atoms with E-state index < -0.39 is 11.0 Å². The second-order valence-electron chi connectivity index (χ2n) is 10.7. The lowest BCUT2D eigenvalue weighted by molar-refractivity contribution is -0.160. The van der Waals surface area contributed by atoms with Gasteiger partial charge in [-0.25, -0.2) is 0 Å². The van der Waals surface area contributed by atoms with Crippen LogP contribution >= 0.6 is 0 Å². The Hall–Kier alpha value is -3.51. The number of nitrogens with zero attached hydrogens (tertiary/aromatic N) is 2. The molecular formula is C31H34N2O4. The lowest BCUT2D eigenvalue weighted by Gasteiger charge is -2.52. The molecule has 1 N–H and O–H groups in total. The topological polar surface area (TPSA) is 79.6 Å². The molecular weight excluding hydrogens is 464 g/mol. The quantitative estimate of drug-likeness (QED) is 0.487. The van der Waals surface area contributed by atoms with Gasteiger partial charge >= 0.3 is 0 Å². The molecule has 1 aliphatic heterocycles. The van der Waals surface area contributed by atoms with E-state index in [0.717, 1.165) is 43.1 Å². The first-order valence-corrected chi connectivity index (χ1v) is 13.2. The maximum atomic E-state index is 13.2. The van der Waals surface area contributed by atoms with Crippen LogP contribution in [0.4, 0.5) is 0 Å². The minimum atomic E-state index is -1.13. The molecule has 3 aromatic rings. The van der Waals surface area contributed by atoms with Gasteiger partial charge in [-0.05, 0) is 42.4 Å². The highest BCUT2D eigenvalue weighted by molar-refractivity contribution is 5.87. The van der Waals surface area contributed by atoms with Gasteiger partial charge in [0, 0.05) is 42.8 Å². The molecule has 2 fully saturated rings. The third-order valence-corrected chi connectivity index (χ3v) is 8.46. The molecule has 0 bridgehead atoms. The summed E-state index contributed by atoms with van der Waals surface area (Å²) in [4.78, 5) is 40.2. The number of pyridine rings is 1. The van der Waals surface area contributed by atoms with Crippen LogP contribution in [0, 0.1) is 5.41 Å². The first kappa shape index (κ1) is 25.2. The zero-order valence-corrected chi connectivity index (χ0v) is 21.1. The molecule has 1 saturated carbocycles. The highest BCUT2D eigenvalue weighted by Crippen LogP contribution is 2.51. The summed E-state index contributed by atoms with van der Waals surface area (Å²) < 4.78 is 1.49. The average molecular weight is 499 g/mol. The number of amides is 1. The number of rotatable bonds is 7. The van der Waals surface area contributed by atoms with Crippen molar-refractivity contribution < 1.29 is 14.7 Å². The van der Waals surface area contributed by atoms with Gasteiger partial charge in [0.25, 0.3) is 5.56 Å². The van der Waals surface area contributed by atoms with E-state index in [1.807, 2.05) is 65.6 Å². The van der Waals surface area contributed by atoms with E-state index in [0.29, 0.717) is 43.5 Å². The Morgan fingerprint density at radius 3 is 2.32 bits per heavy atom. The molecule has 5 rings (SSSR count). The summed E-state index contributed by atoms with van der Waals surface area (Å²) in [5.74, 6) is 0.116. The second-order valence-corrected chi connectivity index (χ2v) is 10.7. The molecule has 6 nitrogen and oxygen atoms in total. The SMILES string of the molecule is O=Cc1cn(CC2(O)CCN(C(=O)CCc3ccccc3)CC23CCCC3)c(=O)cc1-c1ccccc1. The van der Waals surface area contributed by atoms with Crippen LogP contribution in [-0.2, 0) is 17.8 Å². The van der Waals surface area contributed by atoms with Gasteiger partial charge in [-0.2, -0.15) is 0 Å². The Balaban J connectivity index is 1.37. The Morgan fingerprint density at radius 2 is 1.65 bits per heavy atom. The summed E-state index contributed by atoms with van der Waals surface area (Å²) in [6.07, 6.45) is 7.54.